The highest BCUT2D eigenvalue weighted by atomic mass is 16.7. The van der Waals surface area contributed by atoms with Gasteiger partial charge in [0, 0.05) is 6.42 Å². The molecule has 0 bridgehead atoms. The Kier molecular flexibility index (Phi) is 45.0. The van der Waals surface area contributed by atoms with E-state index in [0.717, 1.165) is 116 Å². The molecule has 7 unspecified atom stereocenters. The van der Waals surface area contributed by atoms with Gasteiger partial charge in [-0.05, 0) is 109 Å². The van der Waals surface area contributed by atoms with Gasteiger partial charge in [-0.25, -0.2) is 0 Å². The summed E-state index contributed by atoms with van der Waals surface area (Å²) < 4.78 is 11.2. The summed E-state index contributed by atoms with van der Waals surface area (Å²) in [6.07, 6.45) is 67.9. The summed E-state index contributed by atoms with van der Waals surface area (Å²) >= 11 is 0. The lowest BCUT2D eigenvalue weighted by atomic mass is 9.99. The van der Waals surface area contributed by atoms with Crippen LogP contribution in [0, 0.1) is 0 Å². The molecule has 0 aromatic heterocycles. The molecule has 0 radical (unpaired) electrons. The van der Waals surface area contributed by atoms with Gasteiger partial charge in [-0.1, -0.05) is 205 Å². The van der Waals surface area contributed by atoms with Crippen LogP contribution in [0.15, 0.2) is 134 Å². The van der Waals surface area contributed by atoms with Crippen LogP contribution < -0.4 is 5.32 Å². The number of ether oxygens (including phenoxy) is 2. The van der Waals surface area contributed by atoms with Crippen LogP contribution in [-0.4, -0.2) is 87.5 Å². The summed E-state index contributed by atoms with van der Waals surface area (Å²) in [5.74, 6) is -0.207. The maximum Gasteiger partial charge on any atom is 0.220 e. The first-order chi connectivity index (χ1) is 34.3. The van der Waals surface area contributed by atoms with Gasteiger partial charge in [0.05, 0.1) is 25.4 Å². The van der Waals surface area contributed by atoms with Crippen molar-refractivity contribution < 1.29 is 39.8 Å². The number of allylic oxidation sites excluding steroid dienone is 21. The third-order valence-electron chi connectivity index (χ3n) is 11.9. The van der Waals surface area contributed by atoms with Gasteiger partial charge < -0.3 is 40.3 Å². The van der Waals surface area contributed by atoms with Crippen molar-refractivity contribution in [3.05, 3.63) is 134 Å². The second kappa shape index (κ2) is 48.9. The van der Waals surface area contributed by atoms with E-state index in [1.165, 1.54) is 51.4 Å². The van der Waals surface area contributed by atoms with Crippen LogP contribution in [0.4, 0.5) is 0 Å². The average molecular weight is 974 g/mol. The van der Waals surface area contributed by atoms with Crippen molar-refractivity contribution in [3.63, 3.8) is 0 Å². The average Bonchev–Trinajstić information content (AvgIpc) is 3.36. The monoisotopic (exact) mass is 974 g/mol. The van der Waals surface area contributed by atoms with Gasteiger partial charge in [-0.3, -0.25) is 4.79 Å². The highest BCUT2D eigenvalue weighted by Crippen LogP contribution is 2.22. The van der Waals surface area contributed by atoms with Crippen molar-refractivity contribution in [1.82, 2.24) is 5.32 Å². The number of unbranched alkanes of at least 4 members (excludes halogenated alkanes) is 14. The Labute approximate surface area is 426 Å². The third kappa shape index (κ3) is 38.1. The molecule has 0 spiro atoms. The molecule has 1 amide bonds. The topological polar surface area (TPSA) is 149 Å². The van der Waals surface area contributed by atoms with Gasteiger partial charge in [-0.2, -0.15) is 0 Å². The standard InChI is InChI=1S/C61H99NO8/c1-3-5-7-9-11-13-15-17-19-20-21-22-23-24-25-26-27-28-29-30-31-32-33-34-35-36-37-39-41-43-45-47-49-51-57(65)62-54(53-69-61-60(68)59(67)58(66)56(52-63)70-61)55(64)50-48-46-44-42-40-38-18-16-14-12-10-8-6-4-2/h5,7,11,13-14,16-17,19,21-22,24-25,27-28,30-31,33-34,40,42,48,50,54-56,58-61,63-64,66-68H,3-4,6,8-10,12,15,18,20,23,26,29,32,35-39,41,43-47,49,51-53H2,1-2H3,(H,62,65)/b7-5-,13-11-,16-14+,19-17-,22-21-,25-24-,28-27-,31-30-,34-33-,42-40+,50-48+. The van der Waals surface area contributed by atoms with Gasteiger partial charge in [0.2, 0.25) is 5.91 Å². The van der Waals surface area contributed by atoms with Gasteiger partial charge in [0.15, 0.2) is 6.29 Å². The number of hydrogen-bond acceptors (Lipinski definition) is 8. The number of aliphatic hydroxyl groups is 5. The zero-order chi connectivity index (χ0) is 50.8. The largest absolute Gasteiger partial charge is 0.394 e. The van der Waals surface area contributed by atoms with Gasteiger partial charge in [0.1, 0.15) is 24.4 Å². The number of carbonyl (C=O) groups is 1. The molecule has 6 N–H and O–H groups in total. The summed E-state index contributed by atoms with van der Waals surface area (Å²) in [5, 5.41) is 54.3. The van der Waals surface area contributed by atoms with Crippen molar-refractivity contribution in [1.29, 1.82) is 0 Å². The second-order valence-electron chi connectivity index (χ2n) is 18.3. The summed E-state index contributed by atoms with van der Waals surface area (Å²) in [7, 11) is 0. The Bertz CT molecular complexity index is 1550. The predicted molar refractivity (Wildman–Crippen MR) is 294 cm³/mol. The fraction of sp³-hybridized carbons (Fsp3) is 0.623. The number of amides is 1. The molecule has 0 saturated carbocycles. The zero-order valence-corrected chi connectivity index (χ0v) is 43.7. The van der Waals surface area contributed by atoms with E-state index in [9.17, 15) is 30.3 Å². The Morgan fingerprint density at radius 3 is 1.37 bits per heavy atom. The van der Waals surface area contributed by atoms with Crippen LogP contribution in [0.2, 0.25) is 0 Å². The second-order valence-corrected chi connectivity index (χ2v) is 18.3. The van der Waals surface area contributed by atoms with Gasteiger partial charge in [0.25, 0.3) is 0 Å². The van der Waals surface area contributed by atoms with E-state index in [-0.39, 0.29) is 12.5 Å². The smallest absolute Gasteiger partial charge is 0.220 e. The van der Waals surface area contributed by atoms with Crippen LogP contribution in [0.1, 0.15) is 187 Å². The normalized spacial score (nSPS) is 20.5. The molecular weight excluding hydrogens is 875 g/mol. The molecule has 1 rings (SSSR count). The van der Waals surface area contributed by atoms with E-state index in [1.807, 2.05) is 6.08 Å². The minimum atomic E-state index is -1.58. The van der Waals surface area contributed by atoms with Crippen LogP contribution in [0.3, 0.4) is 0 Å². The molecular formula is C61H99NO8. The first kappa shape index (κ1) is 64.3. The minimum Gasteiger partial charge on any atom is -0.394 e. The first-order valence-electron chi connectivity index (χ1n) is 27.4. The first-order valence-corrected chi connectivity index (χ1v) is 27.4. The van der Waals surface area contributed by atoms with E-state index in [0.29, 0.717) is 6.42 Å². The van der Waals surface area contributed by atoms with E-state index >= 15 is 0 Å². The summed E-state index contributed by atoms with van der Waals surface area (Å²) in [4.78, 5) is 13.0. The lowest BCUT2D eigenvalue weighted by molar-refractivity contribution is -0.302. The van der Waals surface area contributed by atoms with E-state index in [4.69, 9.17) is 9.47 Å². The molecule has 70 heavy (non-hydrogen) atoms. The highest BCUT2D eigenvalue weighted by molar-refractivity contribution is 5.76. The van der Waals surface area contributed by atoms with Crippen molar-refractivity contribution in [2.45, 2.75) is 230 Å². The van der Waals surface area contributed by atoms with E-state index in [2.05, 4.69) is 141 Å². The van der Waals surface area contributed by atoms with Crippen LogP contribution in [0.5, 0.6) is 0 Å². The molecule has 1 aliphatic rings. The Morgan fingerprint density at radius 2 is 0.900 bits per heavy atom. The maximum atomic E-state index is 13.0. The minimum absolute atomic E-state index is 0.207. The molecule has 1 fully saturated rings. The van der Waals surface area contributed by atoms with Gasteiger partial charge in [-0.15, -0.1) is 0 Å². The molecule has 1 aliphatic heterocycles. The van der Waals surface area contributed by atoms with Crippen molar-refractivity contribution >= 4 is 5.91 Å². The Hall–Kier alpha value is -3.67. The molecule has 396 valence electrons. The quantitative estimate of drug-likeness (QED) is 0.0261. The van der Waals surface area contributed by atoms with E-state index in [1.54, 1.807) is 6.08 Å². The third-order valence-corrected chi connectivity index (χ3v) is 11.9. The lowest BCUT2D eigenvalue weighted by Crippen LogP contribution is -2.60. The zero-order valence-electron chi connectivity index (χ0n) is 43.7. The fourth-order valence-corrected chi connectivity index (χ4v) is 7.61. The van der Waals surface area contributed by atoms with Crippen molar-refractivity contribution in [3.8, 4) is 0 Å². The molecule has 1 heterocycles. The molecule has 1 saturated heterocycles. The lowest BCUT2D eigenvalue weighted by Gasteiger charge is -2.40. The van der Waals surface area contributed by atoms with Crippen LogP contribution >= 0.6 is 0 Å². The Balaban J connectivity index is 2.24. The number of hydrogen-bond donors (Lipinski definition) is 6. The number of rotatable bonds is 44. The van der Waals surface area contributed by atoms with Crippen molar-refractivity contribution in [2.24, 2.45) is 0 Å². The molecule has 0 aromatic rings. The van der Waals surface area contributed by atoms with Crippen LogP contribution in [-0.2, 0) is 14.3 Å². The molecule has 7 atom stereocenters. The highest BCUT2D eigenvalue weighted by Gasteiger charge is 2.44. The van der Waals surface area contributed by atoms with Gasteiger partial charge >= 0.3 is 0 Å². The van der Waals surface area contributed by atoms with Crippen molar-refractivity contribution in [2.75, 3.05) is 13.2 Å². The summed E-state index contributed by atoms with van der Waals surface area (Å²) in [6.45, 7) is 3.59. The predicted octanol–water partition coefficient (Wildman–Crippen LogP) is 13.3. The molecule has 0 aromatic carbocycles. The fourth-order valence-electron chi connectivity index (χ4n) is 7.61. The Morgan fingerprint density at radius 1 is 0.500 bits per heavy atom. The molecule has 0 aliphatic carbocycles. The summed E-state index contributed by atoms with van der Waals surface area (Å²) in [5.41, 5.74) is 0. The molecule has 9 heteroatoms. The molecule has 9 nitrogen and oxygen atoms in total. The SMILES string of the molecule is CC/C=C\C/C=C\C/C=C\C/C=C\C/C=C\C/C=C\C/C=C\C/C=C\CCCCCCCCCCC(=O)NC(COC1OC(CO)C(O)C(O)C1O)C(O)/C=C/CC/C=C/CC/C=C/CCCCCC. The maximum absolute atomic E-state index is 13.0. The van der Waals surface area contributed by atoms with Crippen LogP contribution in [0.25, 0.3) is 0 Å². The number of carbonyl (C=O) groups excluding carboxylic acids is 1. The summed E-state index contributed by atoms with van der Waals surface area (Å²) in [6, 6.07) is -0.842. The van der Waals surface area contributed by atoms with E-state index < -0.39 is 49.5 Å². The number of nitrogens with one attached hydrogen (secondary N) is 1. The number of aliphatic hydroxyl groups excluding tert-OH is 5.